The zero-order valence-electron chi connectivity index (χ0n) is 16.3. The van der Waals surface area contributed by atoms with Crippen molar-refractivity contribution in [3.63, 3.8) is 0 Å². The number of carbonyl (C=O) groups excluding carboxylic acids is 1. The van der Waals surface area contributed by atoms with Gasteiger partial charge in [-0.05, 0) is 30.3 Å². The summed E-state index contributed by atoms with van der Waals surface area (Å²) in [6.07, 6.45) is 4.53. The Kier molecular flexibility index (Phi) is 7.52. The molecule has 7 heteroatoms. The van der Waals surface area contributed by atoms with E-state index >= 15 is 0 Å². The van der Waals surface area contributed by atoms with Crippen LogP contribution in [0.2, 0.25) is 0 Å². The zero-order valence-corrected chi connectivity index (χ0v) is 17.1. The van der Waals surface area contributed by atoms with Crippen molar-refractivity contribution < 1.29 is 9.53 Å². The van der Waals surface area contributed by atoms with Crippen molar-refractivity contribution in [2.75, 3.05) is 39.3 Å². The molecule has 1 saturated heterocycles. The Bertz CT molecular complexity index is 792. The molecule has 0 aromatic heterocycles. The van der Waals surface area contributed by atoms with Crippen molar-refractivity contribution in [2.24, 2.45) is 4.99 Å². The molecule has 0 saturated carbocycles. The highest BCUT2D eigenvalue weighted by Crippen LogP contribution is 2.32. The quantitative estimate of drug-likeness (QED) is 0.518. The first-order valence-electron chi connectivity index (χ1n) is 9.80. The first-order valence-corrected chi connectivity index (χ1v) is 10.6. The van der Waals surface area contributed by atoms with E-state index in [0.717, 1.165) is 62.0 Å². The highest BCUT2D eigenvalue weighted by atomic mass is 32.2. The van der Waals surface area contributed by atoms with Gasteiger partial charge in [-0.15, -0.1) is 0 Å². The van der Waals surface area contributed by atoms with Gasteiger partial charge in [-0.2, -0.15) is 10.3 Å². The molecule has 2 aliphatic rings. The lowest BCUT2D eigenvalue weighted by Gasteiger charge is -2.34. The molecule has 1 amide bonds. The van der Waals surface area contributed by atoms with E-state index in [1.165, 1.54) is 11.8 Å². The van der Waals surface area contributed by atoms with Crippen LogP contribution in [0, 0.1) is 11.3 Å². The van der Waals surface area contributed by atoms with Gasteiger partial charge in [0.15, 0.2) is 5.17 Å². The molecular weight excluding hydrogens is 372 g/mol. The summed E-state index contributed by atoms with van der Waals surface area (Å²) in [5.74, 6) is 0.617. The molecule has 1 fully saturated rings. The number of para-hydroxylation sites is 1. The summed E-state index contributed by atoms with van der Waals surface area (Å²) >= 11 is 1.44. The maximum atomic E-state index is 12.4. The van der Waals surface area contributed by atoms with Gasteiger partial charge in [0, 0.05) is 44.7 Å². The summed E-state index contributed by atoms with van der Waals surface area (Å²) in [6.45, 7) is 7.06. The fourth-order valence-electron chi connectivity index (χ4n) is 3.10. The Balaban J connectivity index is 1.62. The number of aliphatic imine (C=N–C) groups is 1. The van der Waals surface area contributed by atoms with Crippen LogP contribution in [-0.2, 0) is 4.79 Å². The van der Waals surface area contributed by atoms with Crippen molar-refractivity contribution in [1.29, 1.82) is 5.26 Å². The predicted octanol–water partition coefficient (Wildman–Crippen LogP) is 3.37. The molecule has 0 N–H and O–H groups in total. The lowest BCUT2D eigenvalue weighted by atomic mass is 10.2. The smallest absolute Gasteiger partial charge is 0.286 e. The van der Waals surface area contributed by atoms with E-state index in [1.807, 2.05) is 30.3 Å². The van der Waals surface area contributed by atoms with Gasteiger partial charge in [-0.3, -0.25) is 9.69 Å². The largest absolute Gasteiger partial charge is 0.493 e. The number of ether oxygens (including phenoxy) is 1. The Morgan fingerprint density at radius 1 is 1.29 bits per heavy atom. The summed E-state index contributed by atoms with van der Waals surface area (Å²) in [6, 6.07) is 9.99. The molecule has 2 aliphatic heterocycles. The fraction of sp³-hybridized carbons (Fsp3) is 0.476. The first kappa shape index (κ1) is 20.4. The van der Waals surface area contributed by atoms with Gasteiger partial charge in [0.2, 0.25) is 0 Å². The van der Waals surface area contributed by atoms with E-state index in [-0.39, 0.29) is 5.91 Å². The zero-order chi connectivity index (χ0) is 19.8. The van der Waals surface area contributed by atoms with Crippen LogP contribution < -0.4 is 4.74 Å². The lowest BCUT2D eigenvalue weighted by molar-refractivity contribution is -0.113. The summed E-state index contributed by atoms with van der Waals surface area (Å²) in [7, 11) is 0. The minimum absolute atomic E-state index is 0.185. The average Bonchev–Trinajstić information content (AvgIpc) is 3.08. The number of piperazine rings is 1. The van der Waals surface area contributed by atoms with Gasteiger partial charge < -0.3 is 9.64 Å². The standard InChI is InChI=1S/C21H26N4O2S/c1-2-3-15-27-18-8-5-4-7-17(18)16-19-20(26)23-21(28-19)25-13-11-24(12-14-25)10-6-9-22/h4-5,7-8,16H,2-3,6,10-15H2,1H3. The number of rotatable bonds is 7. The van der Waals surface area contributed by atoms with Crippen LogP contribution in [0.15, 0.2) is 34.2 Å². The highest BCUT2D eigenvalue weighted by Gasteiger charge is 2.28. The molecule has 1 aromatic rings. The lowest BCUT2D eigenvalue weighted by Crippen LogP contribution is -2.47. The number of hydrogen-bond donors (Lipinski definition) is 0. The number of carbonyl (C=O) groups is 1. The molecule has 28 heavy (non-hydrogen) atoms. The van der Waals surface area contributed by atoms with Crippen molar-refractivity contribution in [2.45, 2.75) is 26.2 Å². The van der Waals surface area contributed by atoms with Crippen LogP contribution in [-0.4, -0.2) is 60.2 Å². The first-order chi connectivity index (χ1) is 13.7. The Morgan fingerprint density at radius 3 is 2.82 bits per heavy atom. The molecule has 0 bridgehead atoms. The van der Waals surface area contributed by atoms with Crippen LogP contribution in [0.1, 0.15) is 31.7 Å². The van der Waals surface area contributed by atoms with Crippen LogP contribution in [0.4, 0.5) is 0 Å². The Labute approximate surface area is 170 Å². The second-order valence-corrected chi connectivity index (χ2v) is 7.80. The fourth-order valence-corrected chi connectivity index (χ4v) is 4.06. The third-order valence-electron chi connectivity index (χ3n) is 4.75. The van der Waals surface area contributed by atoms with Gasteiger partial charge >= 0.3 is 0 Å². The molecule has 0 radical (unpaired) electrons. The molecule has 0 aliphatic carbocycles. The maximum Gasteiger partial charge on any atom is 0.286 e. The average molecular weight is 399 g/mol. The summed E-state index contributed by atoms with van der Waals surface area (Å²) in [5, 5.41) is 9.50. The summed E-state index contributed by atoms with van der Waals surface area (Å²) in [5.41, 5.74) is 0.909. The van der Waals surface area contributed by atoms with E-state index in [1.54, 1.807) is 0 Å². The van der Waals surface area contributed by atoms with E-state index in [2.05, 4.69) is 27.8 Å². The van der Waals surface area contributed by atoms with E-state index in [0.29, 0.717) is 17.9 Å². The summed E-state index contributed by atoms with van der Waals surface area (Å²) < 4.78 is 5.87. The number of amides is 1. The van der Waals surface area contributed by atoms with E-state index in [4.69, 9.17) is 10.00 Å². The van der Waals surface area contributed by atoms with Crippen molar-refractivity contribution in [1.82, 2.24) is 9.80 Å². The van der Waals surface area contributed by atoms with Crippen molar-refractivity contribution in [3.05, 3.63) is 34.7 Å². The number of unbranched alkanes of at least 4 members (excludes halogenated alkanes) is 1. The van der Waals surface area contributed by atoms with Crippen molar-refractivity contribution >= 4 is 28.9 Å². The van der Waals surface area contributed by atoms with Gasteiger partial charge in [0.1, 0.15) is 5.75 Å². The number of amidine groups is 1. The topological polar surface area (TPSA) is 68.9 Å². The van der Waals surface area contributed by atoms with Crippen molar-refractivity contribution in [3.8, 4) is 11.8 Å². The number of nitrogens with zero attached hydrogens (tertiary/aromatic N) is 4. The Morgan fingerprint density at radius 2 is 2.07 bits per heavy atom. The molecule has 6 nitrogen and oxygen atoms in total. The van der Waals surface area contributed by atoms with Crippen LogP contribution in [0.5, 0.6) is 5.75 Å². The number of benzene rings is 1. The van der Waals surface area contributed by atoms with Gasteiger partial charge in [0.25, 0.3) is 5.91 Å². The molecule has 0 spiro atoms. The maximum absolute atomic E-state index is 12.4. The molecule has 1 aromatic carbocycles. The van der Waals surface area contributed by atoms with Crippen LogP contribution in [0.3, 0.4) is 0 Å². The van der Waals surface area contributed by atoms with Crippen LogP contribution in [0.25, 0.3) is 6.08 Å². The molecule has 2 heterocycles. The minimum Gasteiger partial charge on any atom is -0.493 e. The predicted molar refractivity (Wildman–Crippen MR) is 113 cm³/mol. The third-order valence-corrected chi connectivity index (χ3v) is 5.80. The highest BCUT2D eigenvalue weighted by molar-refractivity contribution is 8.18. The minimum atomic E-state index is -0.185. The Hall–Kier alpha value is -2.30. The molecule has 0 unspecified atom stereocenters. The molecule has 0 atom stereocenters. The number of nitriles is 1. The second-order valence-electron chi connectivity index (χ2n) is 6.79. The summed E-state index contributed by atoms with van der Waals surface area (Å²) in [4.78, 5) is 21.8. The van der Waals surface area contributed by atoms with Gasteiger partial charge in [0.05, 0.1) is 17.6 Å². The molecule has 148 valence electrons. The number of thioether (sulfide) groups is 1. The van der Waals surface area contributed by atoms with Crippen LogP contribution >= 0.6 is 11.8 Å². The van der Waals surface area contributed by atoms with Gasteiger partial charge in [-0.25, -0.2) is 0 Å². The molecular formula is C21H26N4O2S. The number of hydrogen-bond acceptors (Lipinski definition) is 6. The monoisotopic (exact) mass is 398 g/mol. The second kappa shape index (κ2) is 10.3. The SMILES string of the molecule is CCCCOc1ccccc1C=C1SC(N2CCN(CCC#N)CC2)=NC1=O. The molecule has 3 rings (SSSR count). The third kappa shape index (κ3) is 5.37. The van der Waals surface area contributed by atoms with E-state index < -0.39 is 0 Å². The van der Waals surface area contributed by atoms with E-state index in [9.17, 15) is 4.79 Å². The normalized spacial score (nSPS) is 19.0. The van der Waals surface area contributed by atoms with Gasteiger partial charge in [-0.1, -0.05) is 31.5 Å².